The van der Waals surface area contributed by atoms with Crippen molar-refractivity contribution < 1.29 is 24.2 Å². The summed E-state index contributed by atoms with van der Waals surface area (Å²) in [6.07, 6.45) is 2.71. The fraction of sp³-hybridized carbons (Fsp3) is 0.593. The molecule has 1 aromatic carbocycles. The first-order valence-electron chi connectivity index (χ1n) is 12.2. The Balaban J connectivity index is 1.89. The highest BCUT2D eigenvalue weighted by molar-refractivity contribution is 7.09. The summed E-state index contributed by atoms with van der Waals surface area (Å²) in [6, 6.07) is 4.96. The topological polar surface area (TPSA) is 92.2 Å². The molecule has 0 radical (unpaired) electrons. The van der Waals surface area contributed by atoms with E-state index in [0.717, 1.165) is 10.6 Å². The normalized spacial score (nSPS) is 27.3. The number of methoxy groups -OCH3 is 2. The molecule has 9 heteroatoms. The van der Waals surface area contributed by atoms with Crippen LogP contribution in [0.2, 0.25) is 0 Å². The second kappa shape index (κ2) is 9.43. The van der Waals surface area contributed by atoms with Gasteiger partial charge in [-0.2, -0.15) is 0 Å². The van der Waals surface area contributed by atoms with Crippen molar-refractivity contribution in [2.75, 3.05) is 41.5 Å². The van der Waals surface area contributed by atoms with Gasteiger partial charge in [0.25, 0.3) is 5.91 Å². The molecule has 8 nitrogen and oxygen atoms in total. The molecule has 1 aromatic heterocycles. The highest BCUT2D eigenvalue weighted by Gasteiger charge is 2.80. The zero-order valence-electron chi connectivity index (χ0n) is 22.2. The van der Waals surface area contributed by atoms with Gasteiger partial charge in [0.2, 0.25) is 0 Å². The molecule has 1 amide bonds. The van der Waals surface area contributed by atoms with Crippen molar-refractivity contribution in [1.29, 1.82) is 0 Å². The second-order valence-electron chi connectivity index (χ2n) is 11.3. The quantitative estimate of drug-likeness (QED) is 0.538. The number of likely N-dealkylation sites (tertiary alicyclic amines) is 1. The molecule has 4 unspecified atom stereocenters. The number of carbonyl (C=O) groups excluding carboxylic acids is 1. The minimum Gasteiger partial charge on any atom is -0.496 e. The van der Waals surface area contributed by atoms with Crippen LogP contribution in [0.25, 0.3) is 0 Å². The van der Waals surface area contributed by atoms with Gasteiger partial charge >= 0.3 is 5.97 Å². The smallest absolute Gasteiger partial charge is 0.330 e. The highest BCUT2D eigenvalue weighted by atomic mass is 32.1. The van der Waals surface area contributed by atoms with Gasteiger partial charge in [-0.1, -0.05) is 26.8 Å². The molecule has 0 bridgehead atoms. The number of hydrogen-bond donors (Lipinski definition) is 1. The molecule has 1 saturated carbocycles. The van der Waals surface area contributed by atoms with E-state index in [1.165, 1.54) is 11.3 Å². The van der Waals surface area contributed by atoms with Crippen molar-refractivity contribution in [1.82, 2.24) is 14.8 Å². The van der Waals surface area contributed by atoms with Crippen molar-refractivity contribution in [2.45, 2.75) is 50.6 Å². The van der Waals surface area contributed by atoms with Gasteiger partial charge in [0.05, 0.1) is 19.8 Å². The summed E-state index contributed by atoms with van der Waals surface area (Å²) in [5, 5.41) is 13.4. The van der Waals surface area contributed by atoms with Gasteiger partial charge in [-0.25, -0.2) is 9.78 Å². The van der Waals surface area contributed by atoms with Crippen molar-refractivity contribution >= 4 is 23.2 Å². The molecule has 2 aromatic rings. The number of ether oxygens (including phenoxy) is 2. The fourth-order valence-corrected chi connectivity index (χ4v) is 6.94. The monoisotopic (exact) mass is 515 g/mol. The third kappa shape index (κ3) is 4.11. The average molecular weight is 516 g/mol. The number of nitrogens with zero attached hydrogens (tertiary/aromatic N) is 3. The molecule has 1 N–H and O–H groups in total. The van der Waals surface area contributed by atoms with Gasteiger partial charge in [0.1, 0.15) is 16.3 Å². The molecule has 2 heterocycles. The van der Waals surface area contributed by atoms with E-state index in [1.807, 2.05) is 30.4 Å². The van der Waals surface area contributed by atoms with Crippen LogP contribution in [0.1, 0.15) is 60.6 Å². The molecule has 4 atom stereocenters. The molecule has 0 spiro atoms. The van der Waals surface area contributed by atoms with Crippen LogP contribution < -0.4 is 4.74 Å². The molecule has 1 saturated heterocycles. The van der Waals surface area contributed by atoms with E-state index in [9.17, 15) is 14.7 Å². The number of rotatable bonds is 9. The van der Waals surface area contributed by atoms with Crippen LogP contribution in [-0.4, -0.2) is 78.8 Å². The predicted octanol–water partition coefficient (Wildman–Crippen LogP) is 4.07. The molecule has 36 heavy (non-hydrogen) atoms. The van der Waals surface area contributed by atoms with Gasteiger partial charge in [-0.15, -0.1) is 11.3 Å². The maximum absolute atomic E-state index is 14.4. The van der Waals surface area contributed by atoms with Crippen LogP contribution in [0.5, 0.6) is 5.75 Å². The minimum absolute atomic E-state index is 0.176. The molecule has 1 aliphatic carbocycles. The van der Waals surface area contributed by atoms with E-state index < -0.39 is 23.0 Å². The van der Waals surface area contributed by atoms with Crippen LogP contribution in [0, 0.1) is 11.3 Å². The Kier molecular flexibility index (Phi) is 6.96. The summed E-state index contributed by atoms with van der Waals surface area (Å²) in [4.78, 5) is 35.7. The van der Waals surface area contributed by atoms with Crippen LogP contribution in [0.4, 0.5) is 0 Å². The maximum Gasteiger partial charge on any atom is 0.330 e. The zero-order valence-corrected chi connectivity index (χ0v) is 23.0. The molecule has 1 aliphatic heterocycles. The third-order valence-electron chi connectivity index (χ3n) is 7.81. The summed E-state index contributed by atoms with van der Waals surface area (Å²) >= 11 is 1.45. The van der Waals surface area contributed by atoms with Crippen LogP contribution in [-0.2, 0) is 14.9 Å². The number of carbonyl (C=O) groups is 2. The lowest BCUT2D eigenvalue weighted by atomic mass is 9.85. The lowest BCUT2D eigenvalue weighted by Gasteiger charge is -2.41. The first-order valence-corrected chi connectivity index (χ1v) is 13.1. The van der Waals surface area contributed by atoms with E-state index in [1.54, 1.807) is 37.4 Å². The lowest BCUT2D eigenvalue weighted by Crippen LogP contribution is -2.57. The molecular weight excluding hydrogens is 478 g/mol. The summed E-state index contributed by atoms with van der Waals surface area (Å²) in [5.74, 6) is -0.906. The summed E-state index contributed by atoms with van der Waals surface area (Å²) < 4.78 is 11.3. The minimum atomic E-state index is -1.37. The fourth-order valence-electron chi connectivity index (χ4n) is 6.09. The van der Waals surface area contributed by atoms with Gasteiger partial charge < -0.3 is 24.4 Å². The Morgan fingerprint density at radius 2 is 2.00 bits per heavy atom. The Morgan fingerprint density at radius 1 is 1.28 bits per heavy atom. The Hall–Kier alpha value is -2.49. The Labute approximate surface area is 217 Å². The number of carboxylic acid groups (broad SMARTS) is 1. The molecule has 196 valence electrons. The number of aromatic nitrogens is 1. The van der Waals surface area contributed by atoms with E-state index in [4.69, 9.17) is 9.47 Å². The maximum atomic E-state index is 14.4. The summed E-state index contributed by atoms with van der Waals surface area (Å²) in [5.41, 5.74) is -0.639. The number of thiazole rings is 1. The number of fused-ring (bicyclic) bond motifs is 1. The SMILES string of the molecule is COCC12CC1C(CCN(C)C)(C(=O)O)N(C(=O)c1ccc(C(C)(C)C)c(OC)c1)C2c1nccs1. The molecule has 2 fully saturated rings. The van der Waals surface area contributed by atoms with Crippen molar-refractivity contribution in [3.05, 3.63) is 45.9 Å². The molecule has 4 rings (SSSR count). The lowest BCUT2D eigenvalue weighted by molar-refractivity contribution is -0.151. The van der Waals surface area contributed by atoms with Gasteiger partial charge in [0.15, 0.2) is 0 Å². The van der Waals surface area contributed by atoms with E-state index >= 15 is 0 Å². The standard InChI is InChI=1S/C27H37N3O5S/c1-25(2,3)18-9-8-17(14-19(18)35-7)23(31)30-21(22-28-11-13-36-22)26(16-34-6)15-20(26)27(30,24(32)33)10-12-29(4)5/h8-9,11,13-14,20-21H,10,12,15-16H2,1-7H3,(H,32,33). The number of amides is 1. The van der Waals surface area contributed by atoms with E-state index in [2.05, 4.69) is 25.8 Å². The third-order valence-corrected chi connectivity index (χ3v) is 8.64. The number of aliphatic carboxylic acids is 1. The Morgan fingerprint density at radius 3 is 2.53 bits per heavy atom. The second-order valence-corrected chi connectivity index (χ2v) is 12.2. The first-order chi connectivity index (χ1) is 16.9. The molecule has 2 aliphatic rings. The number of carboxylic acids is 1. The van der Waals surface area contributed by atoms with E-state index in [-0.39, 0.29) is 17.2 Å². The highest BCUT2D eigenvalue weighted by Crippen LogP contribution is 2.74. The van der Waals surface area contributed by atoms with Crippen molar-refractivity contribution in [3.8, 4) is 5.75 Å². The first kappa shape index (κ1) is 26.6. The van der Waals surface area contributed by atoms with E-state index in [0.29, 0.717) is 37.3 Å². The van der Waals surface area contributed by atoms with Crippen LogP contribution in [0.15, 0.2) is 29.8 Å². The van der Waals surface area contributed by atoms with Crippen LogP contribution >= 0.6 is 11.3 Å². The summed E-state index contributed by atoms with van der Waals surface area (Å²) in [6.45, 7) is 7.17. The molecular formula is C27H37N3O5S. The van der Waals surface area contributed by atoms with Gasteiger partial charge in [-0.3, -0.25) is 4.79 Å². The average Bonchev–Trinajstić information content (AvgIpc) is 3.18. The predicted molar refractivity (Wildman–Crippen MR) is 139 cm³/mol. The van der Waals surface area contributed by atoms with Crippen molar-refractivity contribution in [3.63, 3.8) is 0 Å². The number of hydrogen-bond acceptors (Lipinski definition) is 7. The summed E-state index contributed by atoms with van der Waals surface area (Å²) in [7, 11) is 7.06. The zero-order chi connectivity index (χ0) is 26.5. The van der Waals surface area contributed by atoms with Gasteiger partial charge in [-0.05, 0) is 50.0 Å². The van der Waals surface area contributed by atoms with Crippen LogP contribution in [0.3, 0.4) is 0 Å². The number of piperidine rings is 1. The Bertz CT molecular complexity index is 1130. The van der Waals surface area contributed by atoms with Crippen molar-refractivity contribution in [2.24, 2.45) is 11.3 Å². The number of benzene rings is 1. The van der Waals surface area contributed by atoms with Gasteiger partial charge in [0, 0.05) is 42.1 Å². The largest absolute Gasteiger partial charge is 0.496 e.